The van der Waals surface area contributed by atoms with Crippen molar-refractivity contribution in [2.24, 2.45) is 5.92 Å². The number of carbonyl (C=O) groups is 1. The smallest absolute Gasteiger partial charge is 0.245 e. The molecular weight excluding hydrogens is 370 g/mol. The Bertz CT molecular complexity index is 891. The zero-order valence-corrected chi connectivity index (χ0v) is 18.3. The molecule has 3 heterocycles. The van der Waals surface area contributed by atoms with E-state index in [1.807, 2.05) is 6.07 Å². The molecule has 0 N–H and O–H groups in total. The molecule has 1 amide bonds. The van der Waals surface area contributed by atoms with E-state index in [0.29, 0.717) is 11.8 Å². The summed E-state index contributed by atoms with van der Waals surface area (Å²) in [6, 6.07) is 21.1. The zero-order chi connectivity index (χ0) is 20.8. The Balaban J connectivity index is 1.28. The van der Waals surface area contributed by atoms with Crippen molar-refractivity contribution in [3.05, 3.63) is 71.8 Å². The van der Waals surface area contributed by atoms with E-state index in [9.17, 15) is 4.79 Å². The largest absolute Gasteiger partial charge is 0.334 e. The van der Waals surface area contributed by atoms with Gasteiger partial charge in [0.15, 0.2) is 0 Å². The molecule has 2 aromatic rings. The Morgan fingerprint density at radius 3 is 2.00 bits per heavy atom. The topological polar surface area (TPSA) is 26.8 Å². The number of hydrogen-bond donors (Lipinski definition) is 0. The lowest BCUT2D eigenvalue weighted by molar-refractivity contribution is -0.174. The minimum absolute atomic E-state index is 0.188. The average Bonchev–Trinajstić information content (AvgIpc) is 3.05. The molecule has 2 spiro atoms. The molecule has 1 atom stereocenters. The number of β-lactam (4-membered cyclic amide) rings is 1. The molecule has 158 valence electrons. The molecule has 4 heteroatoms. The molecule has 1 unspecified atom stereocenters. The maximum Gasteiger partial charge on any atom is 0.245 e. The molecule has 0 bridgehead atoms. The minimum Gasteiger partial charge on any atom is -0.334 e. The quantitative estimate of drug-likeness (QED) is 0.687. The van der Waals surface area contributed by atoms with Crippen LogP contribution in [0.25, 0.3) is 0 Å². The minimum atomic E-state index is -0.252. The molecule has 0 radical (unpaired) electrons. The predicted molar refractivity (Wildman–Crippen MR) is 120 cm³/mol. The monoisotopic (exact) mass is 403 g/mol. The number of benzene rings is 2. The summed E-state index contributed by atoms with van der Waals surface area (Å²) in [6.07, 6.45) is 2.17. The summed E-state index contributed by atoms with van der Waals surface area (Å²) < 4.78 is 0. The first kappa shape index (κ1) is 19.8. The van der Waals surface area contributed by atoms with Gasteiger partial charge in [-0.15, -0.1) is 0 Å². The third kappa shape index (κ3) is 3.27. The molecule has 2 aromatic carbocycles. The van der Waals surface area contributed by atoms with Crippen LogP contribution in [0.15, 0.2) is 60.7 Å². The molecule has 3 fully saturated rings. The molecule has 0 saturated carbocycles. The van der Waals surface area contributed by atoms with E-state index in [4.69, 9.17) is 0 Å². The van der Waals surface area contributed by atoms with Gasteiger partial charge in [0.2, 0.25) is 5.91 Å². The molecule has 3 aliphatic heterocycles. The number of carbonyl (C=O) groups excluding carboxylic acids is 1. The molecule has 0 aromatic heterocycles. The fourth-order valence-electron chi connectivity index (χ4n) is 5.94. The normalized spacial score (nSPS) is 25.8. The lowest BCUT2D eigenvalue weighted by Crippen LogP contribution is -2.78. The lowest BCUT2D eigenvalue weighted by atomic mass is 9.84. The van der Waals surface area contributed by atoms with Crippen molar-refractivity contribution in [2.75, 3.05) is 26.2 Å². The Kier molecular flexibility index (Phi) is 4.95. The van der Waals surface area contributed by atoms with Gasteiger partial charge in [0, 0.05) is 44.8 Å². The van der Waals surface area contributed by atoms with Gasteiger partial charge in [-0.3, -0.25) is 14.6 Å². The fourth-order valence-corrected chi connectivity index (χ4v) is 5.94. The van der Waals surface area contributed by atoms with Gasteiger partial charge in [-0.1, -0.05) is 74.5 Å². The van der Waals surface area contributed by atoms with E-state index in [0.717, 1.165) is 52.1 Å². The summed E-state index contributed by atoms with van der Waals surface area (Å²) in [6.45, 7) is 10.4. The summed E-state index contributed by atoms with van der Waals surface area (Å²) >= 11 is 0. The highest BCUT2D eigenvalue weighted by molar-refractivity contribution is 5.93. The van der Waals surface area contributed by atoms with Crippen LogP contribution >= 0.6 is 0 Å². The van der Waals surface area contributed by atoms with E-state index in [-0.39, 0.29) is 11.1 Å². The summed E-state index contributed by atoms with van der Waals surface area (Å²) in [5.74, 6) is 0.918. The van der Waals surface area contributed by atoms with Gasteiger partial charge in [-0.25, -0.2) is 0 Å². The number of nitrogens with zero attached hydrogens (tertiary/aromatic N) is 3. The van der Waals surface area contributed by atoms with Crippen LogP contribution in [-0.4, -0.2) is 57.9 Å². The Hall–Kier alpha value is -2.17. The first-order chi connectivity index (χ1) is 14.5. The third-order valence-electron chi connectivity index (χ3n) is 7.28. The van der Waals surface area contributed by atoms with E-state index >= 15 is 0 Å². The SMILES string of the molecule is CC(C)CN1C2(CCC13CN(Cc1ccccc1)C3=O)CN(Cc1ccccc1)C2. The van der Waals surface area contributed by atoms with Crippen molar-refractivity contribution in [3.8, 4) is 0 Å². The van der Waals surface area contributed by atoms with E-state index in [1.54, 1.807) is 0 Å². The second-order valence-corrected chi connectivity index (χ2v) is 10.0. The Labute approximate surface area is 180 Å². The van der Waals surface area contributed by atoms with Crippen molar-refractivity contribution in [2.45, 2.75) is 50.9 Å². The van der Waals surface area contributed by atoms with E-state index in [2.05, 4.69) is 83.1 Å². The fraction of sp³-hybridized carbons (Fsp3) is 0.500. The van der Waals surface area contributed by atoms with Crippen molar-refractivity contribution in [3.63, 3.8) is 0 Å². The highest BCUT2D eigenvalue weighted by Gasteiger charge is 2.67. The Morgan fingerprint density at radius 1 is 0.833 bits per heavy atom. The van der Waals surface area contributed by atoms with Crippen LogP contribution < -0.4 is 0 Å². The molecule has 30 heavy (non-hydrogen) atoms. The summed E-state index contributed by atoms with van der Waals surface area (Å²) in [4.78, 5) is 20.7. The van der Waals surface area contributed by atoms with Crippen LogP contribution in [0.4, 0.5) is 0 Å². The van der Waals surface area contributed by atoms with Crippen LogP contribution in [0.5, 0.6) is 0 Å². The number of hydrogen-bond acceptors (Lipinski definition) is 3. The molecule has 3 saturated heterocycles. The number of likely N-dealkylation sites (tertiary alicyclic amines) is 3. The van der Waals surface area contributed by atoms with Gasteiger partial charge in [0.05, 0.1) is 0 Å². The van der Waals surface area contributed by atoms with Crippen molar-refractivity contribution in [1.82, 2.24) is 14.7 Å². The predicted octanol–water partition coefficient (Wildman–Crippen LogP) is 3.77. The molecule has 5 rings (SSSR count). The van der Waals surface area contributed by atoms with Crippen LogP contribution in [-0.2, 0) is 17.9 Å². The van der Waals surface area contributed by atoms with Gasteiger partial charge >= 0.3 is 0 Å². The first-order valence-corrected chi connectivity index (χ1v) is 11.4. The molecule has 4 nitrogen and oxygen atoms in total. The van der Waals surface area contributed by atoms with Gasteiger partial charge in [-0.2, -0.15) is 0 Å². The second kappa shape index (κ2) is 7.51. The summed E-state index contributed by atoms with van der Waals surface area (Å²) in [5.41, 5.74) is 2.54. The number of amides is 1. The summed E-state index contributed by atoms with van der Waals surface area (Å²) in [5, 5.41) is 0. The molecule has 0 aliphatic carbocycles. The van der Waals surface area contributed by atoms with Crippen LogP contribution in [0.1, 0.15) is 37.8 Å². The van der Waals surface area contributed by atoms with Crippen molar-refractivity contribution in [1.29, 1.82) is 0 Å². The van der Waals surface area contributed by atoms with Gasteiger partial charge in [0.25, 0.3) is 0 Å². The van der Waals surface area contributed by atoms with Crippen LogP contribution in [0.3, 0.4) is 0 Å². The highest BCUT2D eigenvalue weighted by atomic mass is 16.2. The van der Waals surface area contributed by atoms with Crippen LogP contribution in [0.2, 0.25) is 0 Å². The molecular formula is C26H33N3O. The van der Waals surface area contributed by atoms with E-state index in [1.165, 1.54) is 11.1 Å². The van der Waals surface area contributed by atoms with Crippen LogP contribution in [0, 0.1) is 5.92 Å². The van der Waals surface area contributed by atoms with Gasteiger partial charge < -0.3 is 4.90 Å². The average molecular weight is 404 g/mol. The summed E-state index contributed by atoms with van der Waals surface area (Å²) in [7, 11) is 0. The van der Waals surface area contributed by atoms with E-state index < -0.39 is 0 Å². The van der Waals surface area contributed by atoms with Gasteiger partial charge in [0.1, 0.15) is 5.54 Å². The maximum atomic E-state index is 13.5. The molecule has 3 aliphatic rings. The van der Waals surface area contributed by atoms with Gasteiger partial charge in [-0.05, 0) is 29.9 Å². The highest BCUT2D eigenvalue weighted by Crippen LogP contribution is 2.51. The number of rotatable bonds is 6. The Morgan fingerprint density at radius 2 is 1.43 bits per heavy atom. The standard InChI is InChI=1S/C26H33N3O/c1-21(2)15-29-25(18-27(19-25)16-22-9-5-3-6-10-22)13-14-26(29)20-28(24(26)30)17-23-11-7-4-8-12-23/h3-12,21H,13-20H2,1-2H3. The lowest BCUT2D eigenvalue weighted by Gasteiger charge is -2.60. The zero-order valence-electron chi connectivity index (χ0n) is 18.3. The van der Waals surface area contributed by atoms with Crippen molar-refractivity contribution >= 4 is 5.91 Å². The second-order valence-electron chi connectivity index (χ2n) is 10.0. The third-order valence-corrected chi connectivity index (χ3v) is 7.28. The maximum absolute atomic E-state index is 13.5. The first-order valence-electron chi connectivity index (χ1n) is 11.4. The van der Waals surface area contributed by atoms with Crippen molar-refractivity contribution < 1.29 is 4.79 Å².